The highest BCUT2D eigenvalue weighted by atomic mass is 19.1. The number of amides is 1. The lowest BCUT2D eigenvalue weighted by Gasteiger charge is -2.26. The van der Waals surface area contributed by atoms with Gasteiger partial charge in [-0.3, -0.25) is 9.48 Å². The van der Waals surface area contributed by atoms with Gasteiger partial charge in [0.25, 0.3) is 5.91 Å². The first kappa shape index (κ1) is 17.5. The molecule has 3 rings (SSSR count). The van der Waals surface area contributed by atoms with Crippen molar-refractivity contribution < 1.29 is 13.9 Å². The number of fused-ring (bicyclic) bond motifs is 1. The van der Waals surface area contributed by atoms with Crippen LogP contribution in [0.5, 0.6) is 5.75 Å². The monoisotopic (exact) mass is 345 g/mol. The third kappa shape index (κ3) is 3.52. The summed E-state index contributed by atoms with van der Waals surface area (Å²) in [7, 11) is 0. The zero-order valence-electron chi connectivity index (χ0n) is 14.9. The van der Waals surface area contributed by atoms with Crippen LogP contribution < -0.4 is 10.1 Å². The number of carbonyl (C=O) groups is 1. The molecule has 0 saturated heterocycles. The molecule has 1 amide bonds. The number of carbonyl (C=O) groups excluding carboxylic acids is 1. The summed E-state index contributed by atoms with van der Waals surface area (Å²) in [4.78, 5) is 12.7. The summed E-state index contributed by atoms with van der Waals surface area (Å²) in [6, 6.07) is 6.22. The predicted octanol–water partition coefficient (Wildman–Crippen LogP) is 3.95. The smallest absolute Gasteiger partial charge is 0.272 e. The third-order valence-electron chi connectivity index (χ3n) is 4.76. The quantitative estimate of drug-likeness (QED) is 0.893. The van der Waals surface area contributed by atoms with Crippen LogP contribution in [0.3, 0.4) is 0 Å². The second kappa shape index (κ2) is 7.25. The van der Waals surface area contributed by atoms with Crippen molar-refractivity contribution in [1.29, 1.82) is 0 Å². The van der Waals surface area contributed by atoms with Gasteiger partial charge < -0.3 is 10.1 Å². The van der Waals surface area contributed by atoms with Crippen LogP contribution in [-0.2, 0) is 0 Å². The molecule has 2 aromatic rings. The molecule has 0 unspecified atom stereocenters. The second-order valence-electron chi connectivity index (χ2n) is 6.43. The summed E-state index contributed by atoms with van der Waals surface area (Å²) in [5.41, 5.74) is 2.04. The number of halogens is 1. The average Bonchev–Trinajstić information content (AvgIpc) is 2.99. The number of nitrogens with one attached hydrogen (secondary N) is 1. The Kier molecular flexibility index (Phi) is 5.06. The summed E-state index contributed by atoms with van der Waals surface area (Å²) in [5.74, 6) is 0.0453. The van der Waals surface area contributed by atoms with E-state index in [2.05, 4.69) is 24.3 Å². The molecule has 6 heteroatoms. The molecule has 1 atom stereocenters. The minimum atomic E-state index is -0.336. The van der Waals surface area contributed by atoms with Gasteiger partial charge in [-0.1, -0.05) is 13.8 Å². The van der Waals surface area contributed by atoms with Crippen molar-refractivity contribution in [3.05, 3.63) is 47.0 Å². The van der Waals surface area contributed by atoms with Crippen molar-refractivity contribution in [3.8, 4) is 5.75 Å². The first-order chi connectivity index (χ1) is 12.0. The van der Waals surface area contributed by atoms with Crippen LogP contribution in [0.1, 0.15) is 66.9 Å². The molecule has 134 valence electrons. The maximum absolute atomic E-state index is 13.6. The van der Waals surface area contributed by atoms with E-state index < -0.39 is 0 Å². The standard InChI is InChI=1S/C19H24FN3O2/c1-4-14(5-2)23-12(3)10-17(22-23)19(24)21-16-8-9-25-18-7-6-13(20)11-15(16)18/h6-7,10-11,14,16H,4-5,8-9H2,1-3H3,(H,21,24)/t16-/m1/s1. The van der Waals surface area contributed by atoms with E-state index in [0.717, 1.165) is 18.5 Å². The molecular weight excluding hydrogens is 321 g/mol. The molecule has 1 aromatic heterocycles. The van der Waals surface area contributed by atoms with Crippen LogP contribution in [0.15, 0.2) is 24.3 Å². The zero-order chi connectivity index (χ0) is 18.0. The van der Waals surface area contributed by atoms with Gasteiger partial charge in [-0.25, -0.2) is 4.39 Å². The minimum Gasteiger partial charge on any atom is -0.493 e. The fraction of sp³-hybridized carbons (Fsp3) is 0.474. The largest absolute Gasteiger partial charge is 0.493 e. The van der Waals surface area contributed by atoms with Gasteiger partial charge >= 0.3 is 0 Å². The van der Waals surface area contributed by atoms with Gasteiger partial charge in [0.15, 0.2) is 0 Å². The Balaban J connectivity index is 1.80. The Labute approximate surface area is 147 Å². The molecule has 1 N–H and O–H groups in total. The van der Waals surface area contributed by atoms with E-state index in [9.17, 15) is 9.18 Å². The fourth-order valence-corrected chi connectivity index (χ4v) is 3.35. The molecule has 0 bridgehead atoms. The van der Waals surface area contributed by atoms with E-state index in [0.29, 0.717) is 36.1 Å². The molecule has 5 nitrogen and oxygen atoms in total. The SMILES string of the molecule is CCC(CC)n1nc(C(=O)N[C@@H]2CCOc3ccc(F)cc32)cc1C. The van der Waals surface area contributed by atoms with Crippen molar-refractivity contribution in [2.75, 3.05) is 6.61 Å². The molecule has 1 aliphatic rings. The molecular formula is C19H24FN3O2. The minimum absolute atomic E-state index is 0.241. The van der Waals surface area contributed by atoms with Crippen LogP contribution in [0.2, 0.25) is 0 Å². The Bertz CT molecular complexity index is 768. The molecule has 2 heterocycles. The van der Waals surface area contributed by atoms with Crippen molar-refractivity contribution in [2.24, 2.45) is 0 Å². The lowest BCUT2D eigenvalue weighted by molar-refractivity contribution is 0.0918. The summed E-state index contributed by atoms with van der Waals surface area (Å²) in [6.07, 6.45) is 2.54. The van der Waals surface area contributed by atoms with E-state index >= 15 is 0 Å². The first-order valence-electron chi connectivity index (χ1n) is 8.82. The number of benzene rings is 1. The summed E-state index contributed by atoms with van der Waals surface area (Å²) >= 11 is 0. The molecule has 25 heavy (non-hydrogen) atoms. The van der Waals surface area contributed by atoms with Gasteiger partial charge in [0, 0.05) is 17.7 Å². The van der Waals surface area contributed by atoms with E-state index in [1.165, 1.54) is 12.1 Å². The van der Waals surface area contributed by atoms with Crippen LogP contribution in [0.25, 0.3) is 0 Å². The highest BCUT2D eigenvalue weighted by Gasteiger charge is 2.25. The maximum atomic E-state index is 13.6. The lowest BCUT2D eigenvalue weighted by Crippen LogP contribution is -2.32. The van der Waals surface area contributed by atoms with Crippen molar-refractivity contribution in [2.45, 2.75) is 52.1 Å². The van der Waals surface area contributed by atoms with Crippen molar-refractivity contribution in [1.82, 2.24) is 15.1 Å². The van der Waals surface area contributed by atoms with Crippen LogP contribution in [-0.4, -0.2) is 22.3 Å². The molecule has 1 aliphatic heterocycles. The van der Waals surface area contributed by atoms with Gasteiger partial charge in [-0.05, 0) is 44.0 Å². The van der Waals surface area contributed by atoms with Crippen LogP contribution in [0, 0.1) is 12.7 Å². The summed E-state index contributed by atoms with van der Waals surface area (Å²) < 4.78 is 21.0. The normalized spacial score (nSPS) is 16.4. The first-order valence-corrected chi connectivity index (χ1v) is 8.82. The van der Waals surface area contributed by atoms with E-state index in [4.69, 9.17) is 4.74 Å². The molecule has 1 aromatic carbocycles. The number of hydrogen-bond acceptors (Lipinski definition) is 3. The number of nitrogens with zero attached hydrogens (tertiary/aromatic N) is 2. The predicted molar refractivity (Wildman–Crippen MR) is 93.3 cm³/mol. The van der Waals surface area contributed by atoms with Gasteiger partial charge in [0.05, 0.1) is 18.7 Å². The Morgan fingerprint density at radius 2 is 2.16 bits per heavy atom. The Morgan fingerprint density at radius 1 is 1.40 bits per heavy atom. The second-order valence-corrected chi connectivity index (χ2v) is 6.43. The Hall–Kier alpha value is -2.37. The molecule has 0 radical (unpaired) electrons. The van der Waals surface area contributed by atoms with E-state index in [1.54, 1.807) is 12.1 Å². The van der Waals surface area contributed by atoms with Gasteiger partial charge in [-0.2, -0.15) is 5.10 Å². The van der Waals surface area contributed by atoms with E-state index in [1.807, 2.05) is 11.6 Å². The Morgan fingerprint density at radius 3 is 2.88 bits per heavy atom. The third-order valence-corrected chi connectivity index (χ3v) is 4.76. The number of hydrogen-bond donors (Lipinski definition) is 1. The van der Waals surface area contributed by atoms with Crippen LogP contribution >= 0.6 is 0 Å². The summed E-state index contributed by atoms with van der Waals surface area (Å²) in [5, 5.41) is 7.46. The topological polar surface area (TPSA) is 56.2 Å². The highest BCUT2D eigenvalue weighted by Crippen LogP contribution is 2.32. The van der Waals surface area contributed by atoms with Gasteiger partial charge in [0.1, 0.15) is 17.3 Å². The molecule has 0 fully saturated rings. The van der Waals surface area contributed by atoms with Crippen molar-refractivity contribution in [3.63, 3.8) is 0 Å². The van der Waals surface area contributed by atoms with Crippen molar-refractivity contribution >= 4 is 5.91 Å². The molecule has 0 aliphatic carbocycles. The number of ether oxygens (including phenoxy) is 1. The number of aromatic nitrogens is 2. The maximum Gasteiger partial charge on any atom is 0.272 e. The lowest BCUT2D eigenvalue weighted by atomic mass is 10.00. The number of rotatable bonds is 5. The van der Waals surface area contributed by atoms with Gasteiger partial charge in [0.2, 0.25) is 0 Å². The molecule has 0 saturated carbocycles. The number of aryl methyl sites for hydroxylation is 1. The van der Waals surface area contributed by atoms with E-state index in [-0.39, 0.29) is 17.8 Å². The average molecular weight is 345 g/mol. The fourth-order valence-electron chi connectivity index (χ4n) is 3.35. The highest BCUT2D eigenvalue weighted by molar-refractivity contribution is 5.92. The molecule has 0 spiro atoms. The van der Waals surface area contributed by atoms with Crippen LogP contribution in [0.4, 0.5) is 4.39 Å². The van der Waals surface area contributed by atoms with Gasteiger partial charge in [-0.15, -0.1) is 0 Å². The summed E-state index contributed by atoms with van der Waals surface area (Å²) in [6.45, 7) is 6.68. The zero-order valence-corrected chi connectivity index (χ0v) is 14.9.